The number of aliphatic hydroxyl groups is 14. The van der Waals surface area contributed by atoms with Crippen molar-refractivity contribution in [2.24, 2.45) is 5.92 Å². The van der Waals surface area contributed by atoms with E-state index in [1.165, 1.54) is 148 Å². The Balaban J connectivity index is 1.37. The fraction of sp³-hybridized carbons (Fsp3) is 0.972. The summed E-state index contributed by atoms with van der Waals surface area (Å²) in [4.78, 5) is 26.4. The monoisotopic (exact) mass is 1400 g/mol. The molecule has 0 radical (unpaired) electrons. The first-order valence-corrected chi connectivity index (χ1v) is 37.7. The molecule has 16 N–H and O–H groups in total. The van der Waals surface area contributed by atoms with Gasteiger partial charge in [-0.1, -0.05) is 233 Å². The van der Waals surface area contributed by atoms with Gasteiger partial charge in [-0.25, -0.2) is 0 Å². The maximum Gasteiger partial charge on any atom is 0.249 e. The van der Waals surface area contributed by atoms with E-state index in [0.29, 0.717) is 12.8 Å². The van der Waals surface area contributed by atoms with Gasteiger partial charge in [0, 0.05) is 6.92 Å². The van der Waals surface area contributed by atoms with Gasteiger partial charge >= 0.3 is 0 Å². The van der Waals surface area contributed by atoms with Crippen LogP contribution >= 0.6 is 0 Å². The van der Waals surface area contributed by atoms with Crippen LogP contribution in [0.5, 0.6) is 0 Å². The molecule has 26 heteroatoms. The van der Waals surface area contributed by atoms with E-state index >= 15 is 0 Å². The third-order valence-corrected chi connectivity index (χ3v) is 20.1. The van der Waals surface area contributed by atoms with Crippen LogP contribution in [0.1, 0.15) is 259 Å². The summed E-state index contributed by atoms with van der Waals surface area (Å²) in [6.07, 6.45) is 0.890. The van der Waals surface area contributed by atoms with Crippen LogP contribution in [-0.2, 0) is 47.5 Å². The Labute approximate surface area is 578 Å². The molecule has 572 valence electrons. The van der Waals surface area contributed by atoms with E-state index in [9.17, 15) is 81.1 Å². The number of ether oxygens (including phenoxy) is 8. The van der Waals surface area contributed by atoms with Gasteiger partial charge < -0.3 is 120 Å². The Hall–Kier alpha value is -1.94. The number of aliphatic hydroxyl groups excluding tert-OH is 14. The summed E-state index contributed by atoms with van der Waals surface area (Å²) in [5, 5.41) is 159. The first-order valence-electron chi connectivity index (χ1n) is 37.7. The summed E-state index contributed by atoms with van der Waals surface area (Å²) in [5.74, 6) is -0.786. The average Bonchev–Trinajstić information content (AvgIpc) is 0.796. The second kappa shape index (κ2) is 49.7. The van der Waals surface area contributed by atoms with Crippen LogP contribution < -0.4 is 10.6 Å². The Bertz CT molecular complexity index is 2010. The van der Waals surface area contributed by atoms with E-state index in [4.69, 9.17) is 37.9 Å². The molecule has 25 atom stereocenters. The zero-order valence-corrected chi connectivity index (χ0v) is 59.4. The molecule has 4 fully saturated rings. The topological polar surface area (TPSA) is 415 Å². The fourth-order valence-corrected chi connectivity index (χ4v) is 13.4. The maximum atomic E-state index is 13.8. The summed E-state index contributed by atoms with van der Waals surface area (Å²) in [7, 11) is 0. The molecule has 97 heavy (non-hydrogen) atoms. The van der Waals surface area contributed by atoms with Gasteiger partial charge in [0.2, 0.25) is 11.8 Å². The second-order valence-electron chi connectivity index (χ2n) is 28.4. The summed E-state index contributed by atoms with van der Waals surface area (Å²) in [5.41, 5.74) is 0. The zero-order valence-electron chi connectivity index (χ0n) is 59.4. The van der Waals surface area contributed by atoms with E-state index < -0.39 is 185 Å². The number of carbonyl (C=O) groups excluding carboxylic acids is 2. The highest BCUT2D eigenvalue weighted by atomic mass is 16.8. The largest absolute Gasteiger partial charge is 0.394 e. The molecule has 4 aliphatic heterocycles. The molecule has 1 unspecified atom stereocenters. The van der Waals surface area contributed by atoms with Crippen molar-refractivity contribution in [1.82, 2.24) is 10.6 Å². The van der Waals surface area contributed by atoms with Crippen molar-refractivity contribution in [3.8, 4) is 0 Å². The van der Waals surface area contributed by atoms with Crippen molar-refractivity contribution in [2.75, 3.05) is 26.4 Å². The van der Waals surface area contributed by atoms with E-state index in [1.807, 2.05) is 0 Å². The van der Waals surface area contributed by atoms with E-state index in [2.05, 4.69) is 31.4 Å². The molecule has 0 aromatic heterocycles. The Morgan fingerprint density at radius 2 is 0.856 bits per heavy atom. The van der Waals surface area contributed by atoms with Gasteiger partial charge in [-0.3, -0.25) is 9.59 Å². The van der Waals surface area contributed by atoms with Gasteiger partial charge in [0.1, 0.15) is 104 Å². The molecule has 2 amide bonds. The van der Waals surface area contributed by atoms with Gasteiger partial charge in [-0.05, 0) is 25.7 Å². The van der Waals surface area contributed by atoms with Gasteiger partial charge in [0.05, 0.1) is 44.7 Å². The normalized spacial score (nSPS) is 32.5. The van der Waals surface area contributed by atoms with Crippen molar-refractivity contribution in [3.63, 3.8) is 0 Å². The molecule has 0 aliphatic carbocycles. The first-order chi connectivity index (χ1) is 46.6. The van der Waals surface area contributed by atoms with E-state index in [0.717, 1.165) is 70.6 Å². The molecule has 0 saturated carbocycles. The number of amides is 2. The van der Waals surface area contributed by atoms with Crippen molar-refractivity contribution >= 4 is 11.8 Å². The lowest BCUT2D eigenvalue weighted by Crippen LogP contribution is -2.68. The minimum atomic E-state index is -2.10. The minimum Gasteiger partial charge on any atom is -0.394 e. The lowest BCUT2D eigenvalue weighted by atomic mass is 9.95. The molecule has 0 bridgehead atoms. The van der Waals surface area contributed by atoms with Crippen LogP contribution in [0.3, 0.4) is 0 Å². The average molecular weight is 1400 g/mol. The van der Waals surface area contributed by atoms with Crippen LogP contribution in [0.25, 0.3) is 0 Å². The number of nitrogens with one attached hydrogen (secondary N) is 2. The zero-order chi connectivity index (χ0) is 71.2. The SMILES string of the molecule is CCCCCCCCCCCCCCCCCCCCCCC[C@@H](O)C(=O)N[C@@H](CO[C@H]1O[C@H](CO)[C@H](O)[C@H](O)[C@H]1O[C@H]1O[C@H](CO[C@@H]2O[C@H](CO)[C@H](O)[C@H](O[C@@H]3O[C@@H](C)[C@H](O)[C@@H](O)[C@H]3O)[C@H]2NC(C)=O)[C@H](O)[C@H](O)[C@H]1O)[C@H](O)[C@H](O)CCCCCCCCCCCCC(C)CC. The van der Waals surface area contributed by atoms with Gasteiger partial charge in [0.25, 0.3) is 0 Å². The first kappa shape index (κ1) is 87.5. The fourth-order valence-electron chi connectivity index (χ4n) is 13.4. The third kappa shape index (κ3) is 31.1. The van der Waals surface area contributed by atoms with E-state index in [-0.39, 0.29) is 12.8 Å². The lowest BCUT2D eigenvalue weighted by Gasteiger charge is -2.48. The highest BCUT2D eigenvalue weighted by Gasteiger charge is 2.54. The van der Waals surface area contributed by atoms with Gasteiger partial charge in [-0.2, -0.15) is 0 Å². The minimum absolute atomic E-state index is 0.124. The molecule has 0 aromatic carbocycles. The highest BCUT2D eigenvalue weighted by Crippen LogP contribution is 2.34. The number of rotatable bonds is 53. The summed E-state index contributed by atoms with van der Waals surface area (Å²) in [6, 6.07) is -2.93. The van der Waals surface area contributed by atoms with Crippen LogP contribution in [0, 0.1) is 5.92 Å². The van der Waals surface area contributed by atoms with Crippen molar-refractivity contribution in [2.45, 2.75) is 406 Å². The summed E-state index contributed by atoms with van der Waals surface area (Å²) >= 11 is 0. The molecule has 4 saturated heterocycles. The lowest BCUT2D eigenvalue weighted by molar-refractivity contribution is -0.373. The van der Waals surface area contributed by atoms with E-state index in [1.54, 1.807) is 0 Å². The van der Waals surface area contributed by atoms with Gasteiger partial charge in [-0.15, -0.1) is 0 Å². The molecule has 4 heterocycles. The summed E-state index contributed by atoms with van der Waals surface area (Å²) in [6.45, 7) is 6.12. The highest BCUT2D eigenvalue weighted by molar-refractivity contribution is 5.80. The number of unbranched alkanes of at least 4 members (excludes halogenated alkanes) is 29. The van der Waals surface area contributed by atoms with Crippen molar-refractivity contribution in [1.29, 1.82) is 0 Å². The van der Waals surface area contributed by atoms with Crippen LogP contribution in [0.15, 0.2) is 0 Å². The Morgan fingerprint density at radius 3 is 1.34 bits per heavy atom. The third-order valence-electron chi connectivity index (χ3n) is 20.1. The molecule has 4 rings (SSSR count). The Morgan fingerprint density at radius 1 is 0.443 bits per heavy atom. The number of hydrogen-bond donors (Lipinski definition) is 16. The standard InChI is InChI=1S/C71H134N2O24/c1-6-8-9-10-11-12-13-14-15-16-17-18-19-20-21-22-23-28-31-34-37-40-50(78)67(89)73-48(56(80)49(77)39-36-33-30-27-25-24-26-29-32-35-38-45(3)7-2)43-90-71-66(62(86)57(81)51(41-74)94-71)97-70-64(88)61(85)58(82)53(95-70)44-91-68-54(72-47(5)76)65(59(83)52(42-75)93-68)96-69-63(87)60(84)55(79)46(4)92-69/h45-46,48-66,68-71,74-75,77-88H,6-44H2,1-5H3,(H,72,76)(H,73,89)/t45?,46-,48-,49+,50+,51+,52+,53+,54+,55-,56-,57-,58-,59-,60+,61-,62-,63+,64+,65+,66+,68+,69-,70+,71-/m0/s1. The molecule has 4 aliphatic rings. The molecule has 0 aromatic rings. The smallest absolute Gasteiger partial charge is 0.249 e. The van der Waals surface area contributed by atoms with Gasteiger partial charge in [0.15, 0.2) is 25.2 Å². The van der Waals surface area contributed by atoms with Crippen LogP contribution in [-0.4, -0.2) is 257 Å². The molecule has 26 nitrogen and oxygen atoms in total. The second-order valence-corrected chi connectivity index (χ2v) is 28.4. The molecule has 0 spiro atoms. The predicted octanol–water partition coefficient (Wildman–Crippen LogP) is 4.34. The van der Waals surface area contributed by atoms with Crippen molar-refractivity contribution < 1.29 is 119 Å². The quantitative estimate of drug-likeness (QED) is 0.0376. The molecular formula is C71H134N2O24. The molecular weight excluding hydrogens is 1260 g/mol. The van der Waals surface area contributed by atoms with Crippen molar-refractivity contribution in [3.05, 3.63) is 0 Å². The maximum absolute atomic E-state index is 13.8. The predicted molar refractivity (Wildman–Crippen MR) is 360 cm³/mol. The number of carbonyl (C=O) groups is 2. The van der Waals surface area contributed by atoms with Crippen LogP contribution in [0.4, 0.5) is 0 Å². The number of hydrogen-bond acceptors (Lipinski definition) is 24. The summed E-state index contributed by atoms with van der Waals surface area (Å²) < 4.78 is 47.2. The van der Waals surface area contributed by atoms with Crippen LogP contribution in [0.2, 0.25) is 0 Å². The Kier molecular flexibility index (Phi) is 44.8.